The lowest BCUT2D eigenvalue weighted by Crippen LogP contribution is -2.24. The van der Waals surface area contributed by atoms with Crippen molar-refractivity contribution in [2.45, 2.75) is 13.5 Å². The van der Waals surface area contributed by atoms with Crippen LogP contribution >= 0.6 is 23.6 Å². The van der Waals surface area contributed by atoms with E-state index >= 15 is 0 Å². The molecule has 0 saturated heterocycles. The fourth-order valence-electron chi connectivity index (χ4n) is 1.64. The number of aromatic hydroxyl groups is 1. The Morgan fingerprint density at radius 1 is 1.50 bits per heavy atom. The van der Waals surface area contributed by atoms with Crippen LogP contribution in [0, 0.1) is 3.95 Å². The summed E-state index contributed by atoms with van der Waals surface area (Å²) >= 11 is 6.33. The molecule has 116 valence electrons. The SMILES string of the molecule is CCn1c(O)c(/C=N/NC(=O)COc2ccccc2)sc1=S. The van der Waals surface area contributed by atoms with Crippen molar-refractivity contribution in [2.24, 2.45) is 5.10 Å². The number of ether oxygens (including phenoxy) is 1. The van der Waals surface area contributed by atoms with Gasteiger partial charge in [-0.25, -0.2) is 5.43 Å². The maximum atomic E-state index is 11.6. The van der Waals surface area contributed by atoms with Crippen molar-refractivity contribution in [3.8, 4) is 11.6 Å². The van der Waals surface area contributed by atoms with Crippen LogP contribution < -0.4 is 10.2 Å². The van der Waals surface area contributed by atoms with Gasteiger partial charge in [-0.3, -0.25) is 9.36 Å². The molecule has 0 radical (unpaired) electrons. The molecule has 0 fully saturated rings. The number of carbonyl (C=O) groups excluding carboxylic acids is 1. The summed E-state index contributed by atoms with van der Waals surface area (Å²) in [6.07, 6.45) is 1.36. The number of rotatable bonds is 6. The Morgan fingerprint density at radius 2 is 2.23 bits per heavy atom. The highest BCUT2D eigenvalue weighted by molar-refractivity contribution is 7.73. The summed E-state index contributed by atoms with van der Waals surface area (Å²) in [5.41, 5.74) is 2.33. The molecular formula is C14H15N3O3S2. The Kier molecular flexibility index (Phi) is 5.68. The first-order valence-electron chi connectivity index (χ1n) is 6.54. The third-order valence-corrected chi connectivity index (χ3v) is 4.07. The monoisotopic (exact) mass is 337 g/mol. The van der Waals surface area contributed by atoms with Crippen LogP contribution in [0.2, 0.25) is 0 Å². The Labute approximate surface area is 136 Å². The summed E-state index contributed by atoms with van der Waals surface area (Å²) in [4.78, 5) is 12.1. The Hall–Kier alpha value is -2.19. The molecule has 0 unspecified atom stereocenters. The zero-order valence-electron chi connectivity index (χ0n) is 11.9. The van der Waals surface area contributed by atoms with Gasteiger partial charge in [-0.15, -0.1) is 0 Å². The average Bonchev–Trinajstić information content (AvgIpc) is 2.80. The van der Waals surface area contributed by atoms with Crippen LogP contribution in [0.25, 0.3) is 0 Å². The lowest BCUT2D eigenvalue weighted by molar-refractivity contribution is -0.123. The van der Waals surface area contributed by atoms with Gasteiger partial charge in [-0.2, -0.15) is 5.10 Å². The number of hydrogen-bond donors (Lipinski definition) is 2. The Bertz CT molecular complexity index is 723. The lowest BCUT2D eigenvalue weighted by Gasteiger charge is -2.03. The normalized spacial score (nSPS) is 10.8. The van der Waals surface area contributed by atoms with Gasteiger partial charge < -0.3 is 9.84 Å². The van der Waals surface area contributed by atoms with Crippen LogP contribution in [0.15, 0.2) is 35.4 Å². The molecule has 1 aromatic carbocycles. The second kappa shape index (κ2) is 7.71. The number of hydrogen-bond acceptors (Lipinski definition) is 6. The zero-order chi connectivity index (χ0) is 15.9. The van der Waals surface area contributed by atoms with Gasteiger partial charge in [-0.05, 0) is 31.3 Å². The van der Waals surface area contributed by atoms with E-state index < -0.39 is 5.91 Å². The van der Waals surface area contributed by atoms with Crippen molar-refractivity contribution >= 4 is 35.7 Å². The molecule has 8 heteroatoms. The van der Waals surface area contributed by atoms with Crippen LogP contribution in [0.5, 0.6) is 11.6 Å². The van der Waals surface area contributed by atoms with Gasteiger partial charge in [0.2, 0.25) is 5.88 Å². The largest absolute Gasteiger partial charge is 0.493 e. The van der Waals surface area contributed by atoms with Crippen molar-refractivity contribution in [1.82, 2.24) is 9.99 Å². The number of nitrogens with one attached hydrogen (secondary N) is 1. The molecule has 0 spiro atoms. The topological polar surface area (TPSA) is 75.9 Å². The lowest BCUT2D eigenvalue weighted by atomic mass is 10.3. The van der Waals surface area contributed by atoms with E-state index in [0.29, 0.717) is 21.1 Å². The van der Waals surface area contributed by atoms with Crippen molar-refractivity contribution in [2.75, 3.05) is 6.61 Å². The van der Waals surface area contributed by atoms with Gasteiger partial charge in [0.15, 0.2) is 10.6 Å². The third-order valence-electron chi connectivity index (χ3n) is 2.69. The molecule has 2 N–H and O–H groups in total. The molecule has 0 aliphatic heterocycles. The average molecular weight is 337 g/mol. The highest BCUT2D eigenvalue weighted by Crippen LogP contribution is 2.23. The summed E-state index contributed by atoms with van der Waals surface area (Å²) in [7, 11) is 0. The van der Waals surface area contributed by atoms with Gasteiger partial charge in [0.1, 0.15) is 10.6 Å². The van der Waals surface area contributed by atoms with Crippen molar-refractivity contribution in [1.29, 1.82) is 0 Å². The van der Waals surface area contributed by atoms with E-state index in [1.54, 1.807) is 16.7 Å². The Balaban J connectivity index is 1.87. The first-order chi connectivity index (χ1) is 10.6. The third kappa shape index (κ3) is 4.15. The van der Waals surface area contributed by atoms with E-state index in [9.17, 15) is 9.90 Å². The summed E-state index contributed by atoms with van der Waals surface area (Å²) in [6.45, 7) is 2.32. The van der Waals surface area contributed by atoms with Crippen molar-refractivity contribution in [3.05, 3.63) is 39.2 Å². The molecule has 1 amide bonds. The maximum Gasteiger partial charge on any atom is 0.277 e. The molecule has 6 nitrogen and oxygen atoms in total. The van der Waals surface area contributed by atoms with Crippen molar-refractivity contribution < 1.29 is 14.6 Å². The van der Waals surface area contributed by atoms with E-state index in [1.807, 2.05) is 25.1 Å². The number of amides is 1. The van der Waals surface area contributed by atoms with Crippen LogP contribution in [0.4, 0.5) is 0 Å². The molecule has 0 bridgehead atoms. The smallest absolute Gasteiger partial charge is 0.277 e. The van der Waals surface area contributed by atoms with Crippen LogP contribution in [-0.4, -0.2) is 28.4 Å². The molecule has 0 aliphatic carbocycles. The first kappa shape index (κ1) is 16.2. The minimum absolute atomic E-state index is 0.0519. The van der Waals surface area contributed by atoms with Gasteiger partial charge in [0.05, 0.1) is 6.21 Å². The van der Waals surface area contributed by atoms with E-state index in [4.69, 9.17) is 17.0 Å². The fraction of sp³-hybridized carbons (Fsp3) is 0.214. The van der Waals surface area contributed by atoms with Gasteiger partial charge >= 0.3 is 0 Å². The molecule has 1 aromatic heterocycles. The van der Waals surface area contributed by atoms with E-state index in [1.165, 1.54) is 17.6 Å². The molecule has 1 heterocycles. The summed E-state index contributed by atoms with van der Waals surface area (Å²) < 4.78 is 7.42. The number of benzene rings is 1. The van der Waals surface area contributed by atoms with Crippen LogP contribution in [-0.2, 0) is 11.3 Å². The highest BCUT2D eigenvalue weighted by Gasteiger charge is 2.08. The minimum atomic E-state index is -0.391. The first-order valence-corrected chi connectivity index (χ1v) is 7.76. The predicted octanol–water partition coefficient (Wildman–Crippen LogP) is 2.53. The van der Waals surface area contributed by atoms with E-state index in [-0.39, 0.29) is 12.5 Å². The molecule has 0 aliphatic rings. The number of carbonyl (C=O) groups is 1. The zero-order valence-corrected chi connectivity index (χ0v) is 13.5. The maximum absolute atomic E-state index is 11.6. The van der Waals surface area contributed by atoms with E-state index in [2.05, 4.69) is 10.5 Å². The minimum Gasteiger partial charge on any atom is -0.493 e. The number of aromatic nitrogens is 1. The summed E-state index contributed by atoms with van der Waals surface area (Å²) in [5, 5.41) is 13.7. The van der Waals surface area contributed by atoms with Gasteiger partial charge in [0.25, 0.3) is 5.91 Å². The fourth-order valence-corrected chi connectivity index (χ4v) is 2.94. The Morgan fingerprint density at radius 3 is 2.86 bits per heavy atom. The summed E-state index contributed by atoms with van der Waals surface area (Å²) in [6, 6.07) is 9.02. The standard InChI is InChI=1S/C14H15N3O3S2/c1-2-17-13(19)11(22-14(17)21)8-15-16-12(18)9-20-10-6-4-3-5-7-10/h3-8,19H,2,9H2,1H3,(H,16,18)/b15-8+. The quantitative estimate of drug-likeness (QED) is 0.482. The highest BCUT2D eigenvalue weighted by atomic mass is 32.1. The number of para-hydroxylation sites is 1. The molecular weight excluding hydrogens is 322 g/mol. The summed E-state index contributed by atoms with van der Waals surface area (Å²) in [5.74, 6) is 0.270. The number of nitrogens with zero attached hydrogens (tertiary/aromatic N) is 2. The van der Waals surface area contributed by atoms with Gasteiger partial charge in [0, 0.05) is 6.54 Å². The van der Waals surface area contributed by atoms with Crippen LogP contribution in [0.3, 0.4) is 0 Å². The van der Waals surface area contributed by atoms with E-state index in [0.717, 1.165) is 0 Å². The molecule has 22 heavy (non-hydrogen) atoms. The van der Waals surface area contributed by atoms with Gasteiger partial charge in [-0.1, -0.05) is 29.5 Å². The predicted molar refractivity (Wildman–Crippen MR) is 88.2 cm³/mol. The second-order valence-corrected chi connectivity index (χ2v) is 5.87. The molecule has 0 saturated carbocycles. The second-order valence-electron chi connectivity index (χ2n) is 4.19. The van der Waals surface area contributed by atoms with Crippen LogP contribution in [0.1, 0.15) is 11.8 Å². The number of hydrazone groups is 1. The van der Waals surface area contributed by atoms with Crippen molar-refractivity contribution in [3.63, 3.8) is 0 Å². The molecule has 0 atom stereocenters. The molecule has 2 rings (SSSR count). The molecule has 2 aromatic rings. The number of thiazole rings is 1.